The summed E-state index contributed by atoms with van der Waals surface area (Å²) in [6, 6.07) is 14.7. The number of ether oxygens (including phenoxy) is 3. The Hall–Kier alpha value is -3.25. The lowest BCUT2D eigenvalue weighted by Gasteiger charge is -2.10. The van der Waals surface area contributed by atoms with E-state index in [1.807, 2.05) is 30.3 Å². The van der Waals surface area contributed by atoms with Crippen LogP contribution in [0.25, 0.3) is 17.4 Å². The highest BCUT2D eigenvalue weighted by Gasteiger charge is 2.11. The number of carbonyl (C=O) groups excluding carboxylic acids is 1. The minimum Gasteiger partial charge on any atom is -0.493 e. The van der Waals surface area contributed by atoms with E-state index >= 15 is 0 Å². The molecule has 1 heterocycles. The van der Waals surface area contributed by atoms with E-state index in [-0.39, 0.29) is 6.61 Å². The van der Waals surface area contributed by atoms with Gasteiger partial charge in [0.05, 0.1) is 19.2 Å². The second kappa shape index (κ2) is 9.10. The summed E-state index contributed by atoms with van der Waals surface area (Å²) in [5, 5.41) is 4.29. The topological polar surface area (TPSA) is 70.8 Å². The van der Waals surface area contributed by atoms with Crippen molar-refractivity contribution in [2.75, 3.05) is 14.2 Å². The van der Waals surface area contributed by atoms with Crippen molar-refractivity contribution in [2.24, 2.45) is 0 Å². The third kappa shape index (κ3) is 4.72. The number of carbonyl (C=O) groups is 1. The Balaban J connectivity index is 1.60. The van der Waals surface area contributed by atoms with E-state index in [0.29, 0.717) is 33.5 Å². The van der Waals surface area contributed by atoms with E-state index in [4.69, 9.17) is 30.3 Å². The number of methoxy groups -OCH3 is 2. The van der Waals surface area contributed by atoms with Crippen molar-refractivity contribution >= 4 is 23.6 Å². The predicted octanol–water partition coefficient (Wildman–Crippen LogP) is 4.77. The standard InChI is InChI=1S/C21H18ClNO5/c1-25-19-11-14(10-17(22)21(19)26-2)8-9-20(24)27-13-16-12-18(28-23-16)15-6-4-3-5-7-15/h3-12H,13H2,1-2H3/b9-8+. The quantitative estimate of drug-likeness (QED) is 0.421. The molecule has 7 heteroatoms. The van der Waals surface area contributed by atoms with Crippen LogP contribution in [-0.2, 0) is 16.1 Å². The van der Waals surface area contributed by atoms with Crippen LogP contribution in [0.15, 0.2) is 59.1 Å². The highest BCUT2D eigenvalue weighted by molar-refractivity contribution is 6.32. The van der Waals surface area contributed by atoms with Gasteiger partial charge in [0.2, 0.25) is 0 Å². The summed E-state index contributed by atoms with van der Waals surface area (Å²) in [4.78, 5) is 12.0. The summed E-state index contributed by atoms with van der Waals surface area (Å²) >= 11 is 6.15. The van der Waals surface area contributed by atoms with E-state index in [1.165, 1.54) is 20.3 Å². The fourth-order valence-corrected chi connectivity index (χ4v) is 2.81. The summed E-state index contributed by atoms with van der Waals surface area (Å²) < 4.78 is 20.9. The zero-order chi connectivity index (χ0) is 19.9. The zero-order valence-electron chi connectivity index (χ0n) is 15.3. The fourth-order valence-electron chi connectivity index (χ4n) is 2.51. The molecule has 0 atom stereocenters. The van der Waals surface area contributed by atoms with Crippen LogP contribution in [0.5, 0.6) is 11.5 Å². The van der Waals surface area contributed by atoms with Gasteiger partial charge in [0.15, 0.2) is 17.3 Å². The summed E-state index contributed by atoms with van der Waals surface area (Å²) in [6.07, 6.45) is 2.88. The molecule has 0 aliphatic heterocycles. The lowest BCUT2D eigenvalue weighted by atomic mass is 10.2. The molecule has 0 fully saturated rings. The van der Waals surface area contributed by atoms with Gasteiger partial charge in [0, 0.05) is 17.7 Å². The molecule has 0 amide bonds. The van der Waals surface area contributed by atoms with Crippen molar-refractivity contribution in [3.8, 4) is 22.8 Å². The summed E-state index contributed by atoms with van der Waals surface area (Å²) in [7, 11) is 3.02. The van der Waals surface area contributed by atoms with Crippen molar-refractivity contribution in [1.29, 1.82) is 0 Å². The summed E-state index contributed by atoms with van der Waals surface area (Å²) in [6.45, 7) is 0.00615. The van der Waals surface area contributed by atoms with Crippen molar-refractivity contribution in [3.63, 3.8) is 0 Å². The van der Waals surface area contributed by atoms with Gasteiger partial charge in [-0.25, -0.2) is 4.79 Å². The minimum absolute atomic E-state index is 0.00615. The summed E-state index contributed by atoms with van der Waals surface area (Å²) in [5.74, 6) is 1.00. The van der Waals surface area contributed by atoms with Gasteiger partial charge in [-0.15, -0.1) is 0 Å². The average molecular weight is 400 g/mol. The van der Waals surface area contributed by atoms with Crippen LogP contribution in [0.4, 0.5) is 0 Å². The van der Waals surface area contributed by atoms with Crippen LogP contribution in [0.3, 0.4) is 0 Å². The van der Waals surface area contributed by atoms with Gasteiger partial charge in [0.1, 0.15) is 12.3 Å². The number of hydrogen-bond donors (Lipinski definition) is 0. The predicted molar refractivity (Wildman–Crippen MR) is 105 cm³/mol. The monoisotopic (exact) mass is 399 g/mol. The normalized spacial score (nSPS) is 10.8. The Morgan fingerprint density at radius 3 is 2.64 bits per heavy atom. The molecule has 0 saturated carbocycles. The molecular weight excluding hydrogens is 382 g/mol. The van der Waals surface area contributed by atoms with Gasteiger partial charge in [-0.2, -0.15) is 0 Å². The van der Waals surface area contributed by atoms with Gasteiger partial charge in [-0.1, -0.05) is 47.1 Å². The first-order valence-electron chi connectivity index (χ1n) is 8.38. The van der Waals surface area contributed by atoms with E-state index in [0.717, 1.165) is 5.56 Å². The molecule has 0 spiro atoms. The number of nitrogens with zero attached hydrogens (tertiary/aromatic N) is 1. The van der Waals surface area contributed by atoms with Crippen molar-refractivity contribution in [3.05, 3.63) is 70.9 Å². The molecule has 2 aromatic carbocycles. The van der Waals surface area contributed by atoms with Crippen molar-refractivity contribution in [1.82, 2.24) is 5.16 Å². The maximum absolute atomic E-state index is 12.0. The first kappa shape index (κ1) is 19.5. The molecule has 0 bridgehead atoms. The summed E-state index contributed by atoms with van der Waals surface area (Å²) in [5.41, 5.74) is 2.10. The lowest BCUT2D eigenvalue weighted by molar-refractivity contribution is -0.139. The Bertz CT molecular complexity index is 982. The fraction of sp³-hybridized carbons (Fsp3) is 0.143. The molecule has 3 rings (SSSR count). The van der Waals surface area contributed by atoms with Gasteiger partial charge in [-0.3, -0.25) is 0 Å². The molecule has 0 radical (unpaired) electrons. The van der Waals surface area contributed by atoms with E-state index in [2.05, 4.69) is 5.16 Å². The van der Waals surface area contributed by atoms with Crippen LogP contribution in [0, 0.1) is 0 Å². The maximum Gasteiger partial charge on any atom is 0.331 e. The largest absolute Gasteiger partial charge is 0.493 e. The van der Waals surface area contributed by atoms with Crippen molar-refractivity contribution in [2.45, 2.75) is 6.61 Å². The second-order valence-electron chi connectivity index (χ2n) is 5.73. The number of aromatic nitrogens is 1. The highest BCUT2D eigenvalue weighted by Crippen LogP contribution is 2.36. The van der Waals surface area contributed by atoms with Crippen LogP contribution in [0.2, 0.25) is 5.02 Å². The molecule has 0 unspecified atom stereocenters. The molecule has 0 aliphatic carbocycles. The Labute approximate surface area is 167 Å². The maximum atomic E-state index is 12.0. The first-order chi connectivity index (χ1) is 13.6. The van der Waals surface area contributed by atoms with E-state index in [9.17, 15) is 4.79 Å². The molecule has 3 aromatic rings. The molecule has 1 aromatic heterocycles. The molecule has 0 aliphatic rings. The Kier molecular flexibility index (Phi) is 6.34. The number of esters is 1. The van der Waals surface area contributed by atoms with Crippen LogP contribution >= 0.6 is 11.6 Å². The molecule has 28 heavy (non-hydrogen) atoms. The van der Waals surface area contributed by atoms with E-state index in [1.54, 1.807) is 24.3 Å². The highest BCUT2D eigenvalue weighted by atomic mass is 35.5. The third-order valence-corrected chi connectivity index (χ3v) is 4.13. The molecule has 144 valence electrons. The SMILES string of the molecule is COc1cc(/C=C/C(=O)OCc2cc(-c3ccccc3)on2)cc(Cl)c1OC. The van der Waals surface area contributed by atoms with Gasteiger partial charge in [-0.05, 0) is 23.8 Å². The first-order valence-corrected chi connectivity index (χ1v) is 8.76. The van der Waals surface area contributed by atoms with Crippen LogP contribution in [-0.4, -0.2) is 25.3 Å². The van der Waals surface area contributed by atoms with E-state index < -0.39 is 5.97 Å². The van der Waals surface area contributed by atoms with Crippen molar-refractivity contribution < 1.29 is 23.5 Å². The van der Waals surface area contributed by atoms with Gasteiger partial charge in [0.25, 0.3) is 0 Å². The molecular formula is C21H18ClNO5. The Morgan fingerprint density at radius 2 is 1.93 bits per heavy atom. The number of benzene rings is 2. The number of hydrogen-bond acceptors (Lipinski definition) is 6. The van der Waals surface area contributed by atoms with Crippen LogP contribution in [0.1, 0.15) is 11.3 Å². The molecule has 6 nitrogen and oxygen atoms in total. The zero-order valence-corrected chi connectivity index (χ0v) is 16.1. The van der Waals surface area contributed by atoms with Gasteiger partial charge >= 0.3 is 5.97 Å². The molecule has 0 saturated heterocycles. The third-order valence-electron chi connectivity index (χ3n) is 3.85. The van der Waals surface area contributed by atoms with Gasteiger partial charge < -0.3 is 18.7 Å². The smallest absolute Gasteiger partial charge is 0.331 e. The lowest BCUT2D eigenvalue weighted by Crippen LogP contribution is -2.00. The average Bonchev–Trinajstić information content (AvgIpc) is 3.20. The number of halogens is 1. The Morgan fingerprint density at radius 1 is 1.14 bits per heavy atom. The molecule has 0 N–H and O–H groups in total. The minimum atomic E-state index is -0.518. The second-order valence-corrected chi connectivity index (χ2v) is 6.14. The van der Waals surface area contributed by atoms with Crippen LogP contribution < -0.4 is 9.47 Å². The number of rotatable bonds is 7.